The lowest BCUT2D eigenvalue weighted by Crippen LogP contribution is -2.32. The number of benzene rings is 1. The Balaban J connectivity index is 1.79. The van der Waals surface area contributed by atoms with E-state index < -0.39 is 11.0 Å². The third-order valence-electron chi connectivity index (χ3n) is 3.05. The van der Waals surface area contributed by atoms with E-state index in [1.54, 1.807) is 23.5 Å². The number of non-ortho nitro benzene ring substituents is 1. The Bertz CT molecular complexity index is 664. The summed E-state index contributed by atoms with van der Waals surface area (Å²) < 4.78 is 6.51. The maximum atomic E-state index is 10.7. The Morgan fingerprint density at radius 2 is 2.22 bits per heavy atom. The minimum Gasteiger partial charge on any atom is -0.491 e. The lowest BCUT2D eigenvalue weighted by molar-refractivity contribution is -0.384. The molecule has 2 rings (SSSR count). The van der Waals surface area contributed by atoms with Crippen LogP contribution in [0.5, 0.6) is 5.75 Å². The average molecular weight is 401 g/mol. The summed E-state index contributed by atoms with van der Waals surface area (Å²) in [5, 5.41) is 20.7. The van der Waals surface area contributed by atoms with Gasteiger partial charge in [-0.05, 0) is 41.2 Å². The van der Waals surface area contributed by atoms with Crippen LogP contribution in [0.1, 0.15) is 4.88 Å². The summed E-state index contributed by atoms with van der Waals surface area (Å²) in [6.07, 6.45) is -0.678. The van der Waals surface area contributed by atoms with Crippen molar-refractivity contribution in [3.05, 3.63) is 55.2 Å². The molecule has 0 radical (unpaired) electrons. The zero-order chi connectivity index (χ0) is 16.8. The van der Waals surface area contributed by atoms with Gasteiger partial charge in [0.15, 0.2) is 0 Å². The lowest BCUT2D eigenvalue weighted by atomic mass is 10.3. The summed E-state index contributed by atoms with van der Waals surface area (Å²) in [4.78, 5) is 13.4. The van der Waals surface area contributed by atoms with Gasteiger partial charge in [0.25, 0.3) is 5.69 Å². The largest absolute Gasteiger partial charge is 0.491 e. The number of rotatable bonds is 8. The van der Waals surface area contributed by atoms with Crippen LogP contribution in [0.4, 0.5) is 5.69 Å². The van der Waals surface area contributed by atoms with Gasteiger partial charge in [0.2, 0.25) is 0 Å². The van der Waals surface area contributed by atoms with Gasteiger partial charge in [0, 0.05) is 24.0 Å². The number of nitrogens with zero attached hydrogens (tertiary/aromatic N) is 2. The second kappa shape index (κ2) is 8.39. The smallest absolute Gasteiger partial charge is 0.273 e. The van der Waals surface area contributed by atoms with Crippen molar-refractivity contribution in [3.8, 4) is 5.75 Å². The van der Waals surface area contributed by atoms with Crippen LogP contribution < -0.4 is 4.74 Å². The highest BCUT2D eigenvalue weighted by atomic mass is 79.9. The lowest BCUT2D eigenvalue weighted by Gasteiger charge is -2.20. The first-order valence-electron chi connectivity index (χ1n) is 6.92. The number of ether oxygens (including phenoxy) is 1. The number of aliphatic hydroxyl groups excluding tert-OH is 1. The average Bonchev–Trinajstić information content (AvgIpc) is 2.90. The molecule has 0 spiro atoms. The molecular formula is C15H17BrN2O4S. The van der Waals surface area contributed by atoms with E-state index >= 15 is 0 Å². The molecule has 1 atom stereocenters. The minimum atomic E-state index is -0.678. The highest BCUT2D eigenvalue weighted by molar-refractivity contribution is 9.11. The molecule has 0 aliphatic rings. The molecule has 1 heterocycles. The highest BCUT2D eigenvalue weighted by Gasteiger charge is 2.12. The number of aliphatic hydroxyl groups is 1. The second-order valence-corrected chi connectivity index (χ2v) is 7.67. The van der Waals surface area contributed by atoms with E-state index in [4.69, 9.17) is 4.74 Å². The van der Waals surface area contributed by atoms with Crippen LogP contribution in [0.25, 0.3) is 0 Å². The van der Waals surface area contributed by atoms with E-state index in [1.807, 2.05) is 24.1 Å². The Hall–Kier alpha value is -1.48. The quantitative estimate of drug-likeness (QED) is 0.543. The van der Waals surface area contributed by atoms with Crippen molar-refractivity contribution in [2.75, 3.05) is 20.2 Å². The van der Waals surface area contributed by atoms with E-state index in [0.717, 1.165) is 10.3 Å². The molecule has 1 N–H and O–H groups in total. The predicted octanol–water partition coefficient (Wildman–Crippen LogP) is 3.29. The van der Waals surface area contributed by atoms with Crippen LogP contribution in [0.15, 0.2) is 40.2 Å². The monoisotopic (exact) mass is 400 g/mol. The van der Waals surface area contributed by atoms with Gasteiger partial charge >= 0.3 is 0 Å². The van der Waals surface area contributed by atoms with Crippen molar-refractivity contribution < 1.29 is 14.8 Å². The number of hydrogen-bond donors (Lipinski definition) is 1. The van der Waals surface area contributed by atoms with Crippen molar-refractivity contribution in [3.63, 3.8) is 0 Å². The Morgan fingerprint density at radius 3 is 2.87 bits per heavy atom. The molecule has 0 amide bonds. The molecule has 124 valence electrons. The van der Waals surface area contributed by atoms with Crippen molar-refractivity contribution in [2.24, 2.45) is 0 Å². The third-order valence-corrected chi connectivity index (χ3v) is 4.66. The molecule has 2 aromatic rings. The first-order valence-corrected chi connectivity index (χ1v) is 8.53. The summed E-state index contributed by atoms with van der Waals surface area (Å²) in [5.74, 6) is 0.378. The number of thiophene rings is 1. The van der Waals surface area contributed by atoms with E-state index in [-0.39, 0.29) is 12.3 Å². The molecule has 1 unspecified atom stereocenters. The molecule has 0 saturated heterocycles. The van der Waals surface area contributed by atoms with Crippen molar-refractivity contribution in [2.45, 2.75) is 12.6 Å². The summed E-state index contributed by atoms with van der Waals surface area (Å²) in [7, 11) is 1.92. The van der Waals surface area contributed by atoms with E-state index in [1.165, 1.54) is 17.0 Å². The van der Waals surface area contributed by atoms with E-state index in [0.29, 0.717) is 12.3 Å². The number of nitro benzene ring substituents is 1. The van der Waals surface area contributed by atoms with Gasteiger partial charge in [-0.2, -0.15) is 0 Å². The van der Waals surface area contributed by atoms with Gasteiger partial charge in [0.1, 0.15) is 18.5 Å². The summed E-state index contributed by atoms with van der Waals surface area (Å²) in [6.45, 7) is 1.27. The normalized spacial score (nSPS) is 12.3. The highest BCUT2D eigenvalue weighted by Crippen LogP contribution is 2.23. The van der Waals surface area contributed by atoms with Crippen LogP contribution in [-0.2, 0) is 6.54 Å². The Kier molecular flexibility index (Phi) is 6.52. The maximum absolute atomic E-state index is 10.7. The van der Waals surface area contributed by atoms with Gasteiger partial charge in [-0.25, -0.2) is 0 Å². The van der Waals surface area contributed by atoms with Gasteiger partial charge in [-0.3, -0.25) is 15.0 Å². The molecule has 0 bridgehead atoms. The zero-order valence-corrected chi connectivity index (χ0v) is 14.9. The predicted molar refractivity (Wildman–Crippen MR) is 93.0 cm³/mol. The number of halogens is 1. The molecule has 8 heteroatoms. The van der Waals surface area contributed by atoms with Crippen LogP contribution in [0.3, 0.4) is 0 Å². The summed E-state index contributed by atoms with van der Waals surface area (Å²) in [6, 6.07) is 9.97. The molecule has 0 fully saturated rings. The Labute approximate surface area is 146 Å². The fourth-order valence-electron chi connectivity index (χ4n) is 2.06. The third kappa shape index (κ3) is 5.91. The Morgan fingerprint density at radius 1 is 1.43 bits per heavy atom. The second-order valence-electron chi connectivity index (χ2n) is 5.12. The van der Waals surface area contributed by atoms with Gasteiger partial charge in [-0.1, -0.05) is 6.07 Å². The molecule has 0 aliphatic carbocycles. The van der Waals surface area contributed by atoms with Crippen molar-refractivity contribution >= 4 is 33.0 Å². The SMILES string of the molecule is CN(Cc1ccc(Br)s1)CC(O)COc1cccc([N+](=O)[O-])c1. The van der Waals surface area contributed by atoms with Crippen LogP contribution in [0.2, 0.25) is 0 Å². The molecular weight excluding hydrogens is 384 g/mol. The fraction of sp³-hybridized carbons (Fsp3) is 0.333. The fourth-order valence-corrected chi connectivity index (χ4v) is 3.62. The molecule has 1 aromatic heterocycles. The number of hydrogen-bond acceptors (Lipinski definition) is 6. The molecule has 0 saturated carbocycles. The standard InChI is InChI=1S/C15H17BrN2O4S/c1-17(9-14-5-6-15(16)23-14)8-12(19)10-22-13-4-2-3-11(7-13)18(20)21/h2-7,12,19H,8-10H2,1H3. The van der Waals surface area contributed by atoms with Gasteiger partial charge < -0.3 is 9.84 Å². The van der Waals surface area contributed by atoms with E-state index in [2.05, 4.69) is 15.9 Å². The topological polar surface area (TPSA) is 75.8 Å². The summed E-state index contributed by atoms with van der Waals surface area (Å²) in [5.41, 5.74) is -0.0302. The molecule has 6 nitrogen and oxygen atoms in total. The maximum Gasteiger partial charge on any atom is 0.273 e. The first-order chi connectivity index (χ1) is 10.9. The van der Waals surface area contributed by atoms with Gasteiger partial charge in [-0.15, -0.1) is 11.3 Å². The van der Waals surface area contributed by atoms with Crippen molar-refractivity contribution in [1.29, 1.82) is 0 Å². The zero-order valence-electron chi connectivity index (χ0n) is 12.5. The van der Waals surface area contributed by atoms with Crippen LogP contribution in [-0.4, -0.2) is 41.2 Å². The van der Waals surface area contributed by atoms with Crippen LogP contribution >= 0.6 is 27.3 Å². The molecule has 1 aromatic carbocycles. The molecule has 23 heavy (non-hydrogen) atoms. The number of nitro groups is 1. The van der Waals surface area contributed by atoms with Crippen molar-refractivity contribution in [1.82, 2.24) is 4.90 Å². The summed E-state index contributed by atoms with van der Waals surface area (Å²) >= 11 is 5.08. The molecule has 0 aliphatic heterocycles. The first kappa shape index (κ1) is 17.9. The minimum absolute atomic E-state index is 0.0302. The van der Waals surface area contributed by atoms with Gasteiger partial charge in [0.05, 0.1) is 14.8 Å². The number of likely N-dealkylation sites (N-methyl/N-ethyl adjacent to an activating group) is 1. The van der Waals surface area contributed by atoms with E-state index in [9.17, 15) is 15.2 Å². The van der Waals surface area contributed by atoms with Crippen LogP contribution in [0, 0.1) is 10.1 Å².